The van der Waals surface area contributed by atoms with E-state index in [1.165, 1.54) is 6.92 Å². The molecule has 0 fully saturated rings. The van der Waals surface area contributed by atoms with E-state index in [0.29, 0.717) is 0 Å². The van der Waals surface area contributed by atoms with Gasteiger partial charge in [0.15, 0.2) is 6.10 Å². The Morgan fingerprint density at radius 2 is 1.52 bits per heavy atom. The summed E-state index contributed by atoms with van der Waals surface area (Å²) < 4.78 is 0. The first kappa shape index (κ1) is 21.9. The van der Waals surface area contributed by atoms with Crippen LogP contribution in [0.3, 0.4) is 0 Å². The lowest BCUT2D eigenvalue weighted by Gasteiger charge is -2.18. The molecule has 0 radical (unpaired) electrons. The molecule has 6 N–H and O–H groups in total. The Bertz CT molecular complexity index is 358. The van der Waals surface area contributed by atoms with Crippen molar-refractivity contribution >= 4 is 17.5 Å². The Kier molecular flexibility index (Phi) is 9.94. The molecule has 0 saturated carbocycles. The third kappa shape index (κ3) is 11.0. The van der Waals surface area contributed by atoms with Gasteiger partial charge in [0.25, 0.3) is 5.78 Å². The van der Waals surface area contributed by atoms with Gasteiger partial charge in [-0.2, -0.15) is 0 Å². The SMILES string of the molecule is CC(=O)CC(C)(C)O.O=C(O)C(=O)[C@@H](O)[C@H](O)[C@@H](O)CO. The molecule has 0 bridgehead atoms. The highest BCUT2D eigenvalue weighted by molar-refractivity contribution is 6.34. The van der Waals surface area contributed by atoms with Crippen molar-refractivity contribution in [3.8, 4) is 0 Å². The van der Waals surface area contributed by atoms with Crippen molar-refractivity contribution < 1.29 is 45.0 Å². The topological polar surface area (TPSA) is 173 Å². The first-order valence-corrected chi connectivity index (χ1v) is 5.97. The molecule has 124 valence electrons. The minimum Gasteiger partial charge on any atom is -0.475 e. The van der Waals surface area contributed by atoms with E-state index in [1.54, 1.807) is 13.8 Å². The van der Waals surface area contributed by atoms with Crippen LogP contribution in [-0.4, -0.2) is 78.7 Å². The van der Waals surface area contributed by atoms with Gasteiger partial charge in [0.05, 0.1) is 12.2 Å². The van der Waals surface area contributed by atoms with Crippen LogP contribution in [0.2, 0.25) is 0 Å². The molecule has 0 aromatic rings. The number of hydrogen-bond donors (Lipinski definition) is 6. The normalized spacial score (nSPS) is 15.2. The minimum atomic E-state index is -2.24. The lowest BCUT2D eigenvalue weighted by atomic mass is 10.0. The average Bonchev–Trinajstić information content (AvgIpc) is 2.32. The first-order chi connectivity index (χ1) is 9.33. The quantitative estimate of drug-likeness (QED) is 0.277. The Balaban J connectivity index is 0. The fraction of sp³-hybridized carbons (Fsp3) is 0.750. The molecular weight excluding hydrogens is 288 g/mol. The summed E-state index contributed by atoms with van der Waals surface area (Å²) in [6, 6.07) is 0. The maximum absolute atomic E-state index is 10.5. The van der Waals surface area contributed by atoms with Crippen molar-refractivity contribution in [3.63, 3.8) is 0 Å². The number of aliphatic hydroxyl groups excluding tert-OH is 4. The second kappa shape index (κ2) is 9.53. The molecule has 0 aliphatic carbocycles. The molecule has 0 aromatic heterocycles. The Hall–Kier alpha value is -1.39. The zero-order valence-electron chi connectivity index (χ0n) is 12.1. The molecule has 0 spiro atoms. The molecule has 3 atom stereocenters. The third-order valence-corrected chi connectivity index (χ3v) is 2.07. The van der Waals surface area contributed by atoms with E-state index in [1.807, 2.05) is 0 Å². The minimum absolute atomic E-state index is 0.0255. The van der Waals surface area contributed by atoms with E-state index >= 15 is 0 Å². The van der Waals surface area contributed by atoms with E-state index in [0.717, 1.165) is 0 Å². The van der Waals surface area contributed by atoms with Crippen LogP contribution >= 0.6 is 0 Å². The molecule has 0 aliphatic rings. The highest BCUT2D eigenvalue weighted by Gasteiger charge is 2.33. The number of carbonyl (C=O) groups is 3. The summed E-state index contributed by atoms with van der Waals surface area (Å²) in [5.74, 6) is -3.53. The molecule has 21 heavy (non-hydrogen) atoms. The van der Waals surface area contributed by atoms with Crippen molar-refractivity contribution in [1.82, 2.24) is 0 Å². The largest absolute Gasteiger partial charge is 0.475 e. The number of aliphatic hydroxyl groups is 5. The molecule has 0 saturated heterocycles. The summed E-state index contributed by atoms with van der Waals surface area (Å²) in [4.78, 5) is 30.8. The Morgan fingerprint density at radius 1 is 1.10 bits per heavy atom. The zero-order chi connectivity index (χ0) is 17.4. The second-order valence-corrected chi connectivity index (χ2v) is 5.05. The van der Waals surface area contributed by atoms with E-state index < -0.39 is 42.3 Å². The number of aliphatic carboxylic acids is 1. The standard InChI is InChI=1S/C6H10O7.C6H12O2/c7-1-2(8)3(9)4(10)5(11)6(12)13;1-5(7)4-6(2,3)8/h2-4,7-10H,1H2,(H,12,13);8H,4H2,1-3H3/t2-,3+,4-;/m0./s1. The predicted octanol–water partition coefficient (Wildman–Crippen LogP) is -2.55. The molecule has 0 aromatic carbocycles. The zero-order valence-corrected chi connectivity index (χ0v) is 12.1. The van der Waals surface area contributed by atoms with Crippen molar-refractivity contribution in [1.29, 1.82) is 0 Å². The predicted molar refractivity (Wildman–Crippen MR) is 69.3 cm³/mol. The number of carboxylic acids is 1. The van der Waals surface area contributed by atoms with Gasteiger partial charge in [-0.25, -0.2) is 4.79 Å². The maximum Gasteiger partial charge on any atom is 0.375 e. The molecule has 0 aliphatic heterocycles. The van der Waals surface area contributed by atoms with Crippen LogP contribution in [0.4, 0.5) is 0 Å². The summed E-state index contributed by atoms with van der Waals surface area (Å²) >= 11 is 0. The first-order valence-electron chi connectivity index (χ1n) is 5.97. The van der Waals surface area contributed by atoms with Crippen LogP contribution in [-0.2, 0) is 14.4 Å². The van der Waals surface area contributed by atoms with E-state index in [9.17, 15) is 14.4 Å². The number of carbonyl (C=O) groups excluding carboxylic acids is 2. The summed E-state index contributed by atoms with van der Waals surface area (Å²) in [5, 5.41) is 51.7. The van der Waals surface area contributed by atoms with Crippen LogP contribution in [0.5, 0.6) is 0 Å². The highest BCUT2D eigenvalue weighted by atomic mass is 16.4. The molecule has 0 rings (SSSR count). The monoisotopic (exact) mass is 310 g/mol. The number of ketones is 2. The Labute approximate surface area is 121 Å². The summed E-state index contributed by atoms with van der Waals surface area (Å²) in [6.45, 7) is 3.83. The number of hydrogen-bond acceptors (Lipinski definition) is 8. The van der Waals surface area contributed by atoms with Gasteiger partial charge in [-0.1, -0.05) is 0 Å². The molecule has 0 amide bonds. The summed E-state index contributed by atoms with van der Waals surface area (Å²) in [6.07, 6.45) is -5.75. The van der Waals surface area contributed by atoms with Gasteiger partial charge in [-0.05, 0) is 20.8 Å². The van der Waals surface area contributed by atoms with Crippen LogP contribution < -0.4 is 0 Å². The van der Waals surface area contributed by atoms with Crippen molar-refractivity contribution in [2.75, 3.05) is 6.61 Å². The van der Waals surface area contributed by atoms with Crippen molar-refractivity contribution in [3.05, 3.63) is 0 Å². The smallest absolute Gasteiger partial charge is 0.375 e. The van der Waals surface area contributed by atoms with Gasteiger partial charge >= 0.3 is 5.97 Å². The molecule has 9 heteroatoms. The van der Waals surface area contributed by atoms with Crippen LogP contribution in [0.25, 0.3) is 0 Å². The second-order valence-electron chi connectivity index (χ2n) is 5.05. The van der Waals surface area contributed by atoms with Crippen molar-refractivity contribution in [2.45, 2.75) is 51.1 Å². The van der Waals surface area contributed by atoms with Gasteiger partial charge < -0.3 is 30.6 Å². The summed E-state index contributed by atoms with van der Waals surface area (Å²) in [7, 11) is 0. The van der Waals surface area contributed by atoms with Crippen LogP contribution in [0, 0.1) is 0 Å². The maximum atomic E-state index is 10.5. The van der Waals surface area contributed by atoms with E-state index in [-0.39, 0.29) is 12.2 Å². The van der Waals surface area contributed by atoms with Gasteiger partial charge in [0.1, 0.15) is 18.0 Å². The molecular formula is C12H22O9. The number of rotatable bonds is 7. The lowest BCUT2D eigenvalue weighted by Crippen LogP contribution is -2.46. The summed E-state index contributed by atoms with van der Waals surface area (Å²) in [5.41, 5.74) is -0.828. The fourth-order valence-corrected chi connectivity index (χ4v) is 1.21. The van der Waals surface area contributed by atoms with Gasteiger partial charge in [-0.15, -0.1) is 0 Å². The third-order valence-electron chi connectivity index (χ3n) is 2.07. The molecule has 0 heterocycles. The number of Topliss-reactive ketones (excluding diaryl/α,β-unsaturated/α-hetero) is 2. The van der Waals surface area contributed by atoms with Gasteiger partial charge in [0, 0.05) is 6.42 Å². The van der Waals surface area contributed by atoms with E-state index in [2.05, 4.69) is 0 Å². The van der Waals surface area contributed by atoms with Crippen molar-refractivity contribution in [2.24, 2.45) is 0 Å². The van der Waals surface area contributed by atoms with Gasteiger partial charge in [0.2, 0.25) is 0 Å². The van der Waals surface area contributed by atoms with Crippen LogP contribution in [0.15, 0.2) is 0 Å². The molecule has 9 nitrogen and oxygen atoms in total. The lowest BCUT2D eigenvalue weighted by molar-refractivity contribution is -0.159. The molecule has 0 unspecified atom stereocenters. The average molecular weight is 310 g/mol. The Morgan fingerprint density at radius 3 is 1.71 bits per heavy atom. The highest BCUT2D eigenvalue weighted by Crippen LogP contribution is 2.06. The van der Waals surface area contributed by atoms with E-state index in [4.69, 9.17) is 30.6 Å². The van der Waals surface area contributed by atoms with Crippen LogP contribution in [0.1, 0.15) is 27.2 Å². The number of carboxylic acid groups (broad SMARTS) is 1. The van der Waals surface area contributed by atoms with Gasteiger partial charge in [-0.3, -0.25) is 9.59 Å². The fourth-order valence-electron chi connectivity index (χ4n) is 1.21.